The molecule has 1 saturated heterocycles. The summed E-state index contributed by atoms with van der Waals surface area (Å²) >= 11 is 0. The fraction of sp³-hybridized carbons (Fsp3) is 0.250. The largest absolute Gasteiger partial charge is 0.492 e. The highest BCUT2D eigenvalue weighted by molar-refractivity contribution is 6.05. The Morgan fingerprint density at radius 1 is 0.842 bits per heavy atom. The van der Waals surface area contributed by atoms with Gasteiger partial charge in [0.15, 0.2) is 0 Å². The van der Waals surface area contributed by atoms with Gasteiger partial charge in [-0.25, -0.2) is 14.6 Å². The Labute approximate surface area is 325 Å². The van der Waals surface area contributed by atoms with E-state index in [0.717, 1.165) is 59.7 Å². The van der Waals surface area contributed by atoms with Crippen LogP contribution in [0.3, 0.4) is 0 Å². The third-order valence-corrected chi connectivity index (χ3v) is 8.85. The number of carbonyl (C=O) groups is 4. The van der Waals surface area contributed by atoms with E-state index < -0.39 is 29.6 Å². The molecule has 0 radical (unpaired) electrons. The Hall–Kier alpha value is -6.75. The number of benzene rings is 2. The Kier molecular flexibility index (Phi) is 13.3. The molecule has 17 heteroatoms. The first-order valence-electron chi connectivity index (χ1n) is 17.5. The molecule has 2 aromatic carbocycles. The van der Waals surface area contributed by atoms with E-state index in [9.17, 15) is 32.3 Å². The average Bonchev–Trinajstić information content (AvgIpc) is 3.52. The zero-order chi connectivity index (χ0) is 41.3. The van der Waals surface area contributed by atoms with E-state index in [-0.39, 0.29) is 17.4 Å². The number of nitrogens with zero attached hydrogens (tertiary/aromatic N) is 6. The minimum atomic E-state index is -4.48. The lowest BCUT2D eigenvalue weighted by Gasteiger charge is -2.34. The molecule has 5 aromatic rings. The molecule has 1 aliphatic heterocycles. The highest BCUT2D eigenvalue weighted by Gasteiger charge is 2.30. The number of aliphatic carboxylic acids is 2. The second-order valence-electron chi connectivity index (χ2n) is 12.7. The monoisotopic (exact) mass is 788 g/mol. The summed E-state index contributed by atoms with van der Waals surface area (Å²) in [5.41, 5.74) is 2.15. The molecule has 0 aliphatic carbocycles. The molecular weight excluding hydrogens is 749 g/mol. The molecule has 0 spiro atoms. The van der Waals surface area contributed by atoms with E-state index in [0.29, 0.717) is 55.5 Å². The second kappa shape index (κ2) is 18.3. The van der Waals surface area contributed by atoms with E-state index >= 15 is 0 Å². The summed E-state index contributed by atoms with van der Waals surface area (Å²) in [7, 11) is 3.38. The molecule has 298 valence electrons. The van der Waals surface area contributed by atoms with Gasteiger partial charge in [0, 0.05) is 81.5 Å². The molecule has 3 aromatic heterocycles. The summed E-state index contributed by atoms with van der Waals surface area (Å²) in [4.78, 5) is 59.8. The minimum absolute atomic E-state index is 0.0350. The number of carboxylic acids is 2. The topological polar surface area (TPSA) is 168 Å². The minimum Gasteiger partial charge on any atom is -0.492 e. The second-order valence-corrected chi connectivity index (χ2v) is 12.7. The van der Waals surface area contributed by atoms with Crippen LogP contribution < -0.4 is 14.4 Å². The van der Waals surface area contributed by atoms with Crippen molar-refractivity contribution in [3.05, 3.63) is 120 Å². The molecule has 14 nitrogen and oxygen atoms in total. The Balaban J connectivity index is 0.000000701. The maximum Gasteiger partial charge on any atom is 0.416 e. The molecule has 1 fully saturated rings. The number of piperazine rings is 1. The smallest absolute Gasteiger partial charge is 0.416 e. The molecule has 0 saturated carbocycles. The number of amides is 2. The number of ether oxygens (including phenoxy) is 2. The SMILES string of the molecule is CCOc1ccc(CN2CCN(C(=O)c3cc4cc(Oc5ccc(N(C)C(=O)c6ccc(C(F)(F)F)cc6)cn5)ccc4n3C)CC2)nc1.O=C(O)C=CC(=O)O. The van der Waals surface area contributed by atoms with Crippen LogP contribution in [0.2, 0.25) is 0 Å². The predicted octanol–water partition coefficient (Wildman–Crippen LogP) is 6.12. The van der Waals surface area contributed by atoms with Gasteiger partial charge in [-0.1, -0.05) is 0 Å². The van der Waals surface area contributed by atoms with Crippen molar-refractivity contribution in [2.75, 3.05) is 44.7 Å². The van der Waals surface area contributed by atoms with Crippen LogP contribution in [0.1, 0.15) is 39.0 Å². The highest BCUT2D eigenvalue weighted by atomic mass is 19.4. The lowest BCUT2D eigenvalue weighted by molar-refractivity contribution is -0.137. The molecular formula is C40H39F3N6O8. The van der Waals surface area contributed by atoms with Crippen molar-refractivity contribution in [2.24, 2.45) is 7.05 Å². The van der Waals surface area contributed by atoms with Gasteiger partial charge in [-0.2, -0.15) is 13.2 Å². The molecule has 57 heavy (non-hydrogen) atoms. The summed E-state index contributed by atoms with van der Waals surface area (Å²) in [6.45, 7) is 5.95. The van der Waals surface area contributed by atoms with Crippen LogP contribution in [-0.4, -0.2) is 98.1 Å². The normalized spacial score (nSPS) is 13.2. The van der Waals surface area contributed by atoms with Gasteiger partial charge in [-0.3, -0.25) is 19.5 Å². The Morgan fingerprint density at radius 3 is 2.07 bits per heavy atom. The number of rotatable bonds is 11. The molecule has 2 amide bonds. The number of carboxylic acid groups (broad SMARTS) is 2. The first-order valence-corrected chi connectivity index (χ1v) is 17.5. The summed E-state index contributed by atoms with van der Waals surface area (Å²) in [6.07, 6.45) is -0.178. The van der Waals surface area contributed by atoms with Crippen LogP contribution in [0, 0.1) is 0 Å². The van der Waals surface area contributed by atoms with Crippen LogP contribution in [0.25, 0.3) is 10.9 Å². The quantitative estimate of drug-likeness (QED) is 0.148. The number of hydrogen-bond donors (Lipinski definition) is 2. The highest BCUT2D eigenvalue weighted by Crippen LogP contribution is 2.31. The number of aromatic nitrogens is 3. The number of alkyl halides is 3. The first kappa shape index (κ1) is 41.4. The van der Waals surface area contributed by atoms with Crippen molar-refractivity contribution in [1.29, 1.82) is 0 Å². The van der Waals surface area contributed by atoms with E-state index in [2.05, 4.69) is 14.9 Å². The zero-order valence-electron chi connectivity index (χ0n) is 31.1. The van der Waals surface area contributed by atoms with Gasteiger partial charge in [0.1, 0.15) is 17.2 Å². The fourth-order valence-electron chi connectivity index (χ4n) is 5.86. The average molecular weight is 789 g/mol. The number of anilines is 1. The lowest BCUT2D eigenvalue weighted by Crippen LogP contribution is -2.48. The molecule has 6 rings (SSSR count). The Bertz CT molecular complexity index is 2220. The first-order chi connectivity index (χ1) is 27.1. The number of aryl methyl sites for hydroxylation is 1. The van der Waals surface area contributed by atoms with Gasteiger partial charge >= 0.3 is 18.1 Å². The van der Waals surface area contributed by atoms with Crippen LogP contribution >= 0.6 is 0 Å². The van der Waals surface area contributed by atoms with Gasteiger partial charge in [-0.15, -0.1) is 0 Å². The van der Waals surface area contributed by atoms with Crippen molar-refractivity contribution >= 4 is 40.3 Å². The van der Waals surface area contributed by atoms with Gasteiger partial charge in [0.25, 0.3) is 11.8 Å². The van der Waals surface area contributed by atoms with E-state index in [1.807, 2.05) is 53.8 Å². The third kappa shape index (κ3) is 10.9. The molecule has 4 heterocycles. The standard InChI is InChI=1S/C36H35F3N6O4.C4H4O4/c1-4-48-30-11-9-27(40-22-30)23-44-15-17-45(18-16-44)35(47)32-20-25-19-29(12-13-31(25)43(32)3)49-33-14-10-28(21-41-33)42(2)34(46)24-5-7-26(8-6-24)36(37,38)39;5-3(6)1-2-4(7)8/h5-14,19-22H,4,15-18,23H2,1-3H3;1-2H,(H,5,6)(H,7,8). The Morgan fingerprint density at radius 2 is 1.51 bits per heavy atom. The van der Waals surface area contributed by atoms with Gasteiger partial charge in [0.05, 0.1) is 35.9 Å². The summed E-state index contributed by atoms with van der Waals surface area (Å²) in [5.74, 6) is -1.48. The predicted molar refractivity (Wildman–Crippen MR) is 202 cm³/mol. The molecule has 2 N–H and O–H groups in total. The summed E-state index contributed by atoms with van der Waals surface area (Å²) in [5, 5.41) is 16.5. The number of fused-ring (bicyclic) bond motifs is 1. The van der Waals surface area contributed by atoms with Crippen molar-refractivity contribution in [2.45, 2.75) is 19.6 Å². The molecule has 0 bridgehead atoms. The van der Waals surface area contributed by atoms with Gasteiger partial charge < -0.3 is 34.1 Å². The summed E-state index contributed by atoms with van der Waals surface area (Å²) in [6, 6.07) is 18.6. The maximum atomic E-state index is 13.6. The van der Waals surface area contributed by atoms with Crippen molar-refractivity contribution < 1.29 is 52.0 Å². The fourth-order valence-corrected chi connectivity index (χ4v) is 5.86. The van der Waals surface area contributed by atoms with Gasteiger partial charge in [0.2, 0.25) is 5.88 Å². The van der Waals surface area contributed by atoms with Crippen molar-refractivity contribution in [3.8, 4) is 17.4 Å². The lowest BCUT2D eigenvalue weighted by atomic mass is 10.1. The summed E-state index contributed by atoms with van der Waals surface area (Å²) < 4.78 is 52.0. The van der Waals surface area contributed by atoms with Crippen LogP contribution in [0.4, 0.5) is 18.9 Å². The molecule has 0 unspecified atom stereocenters. The van der Waals surface area contributed by atoms with Crippen LogP contribution in [0.15, 0.2) is 97.3 Å². The van der Waals surface area contributed by atoms with E-state index in [1.54, 1.807) is 24.4 Å². The third-order valence-electron chi connectivity index (χ3n) is 8.85. The van der Waals surface area contributed by atoms with E-state index in [1.165, 1.54) is 18.1 Å². The number of halogens is 3. The molecule has 0 atom stereocenters. The number of carbonyl (C=O) groups excluding carboxylic acids is 2. The van der Waals surface area contributed by atoms with Crippen LogP contribution in [-0.2, 0) is 29.4 Å². The number of hydrogen-bond acceptors (Lipinski definition) is 9. The number of pyridine rings is 2. The van der Waals surface area contributed by atoms with Crippen molar-refractivity contribution in [1.82, 2.24) is 24.3 Å². The molecule has 1 aliphatic rings. The van der Waals surface area contributed by atoms with E-state index in [4.69, 9.17) is 19.7 Å². The zero-order valence-corrected chi connectivity index (χ0v) is 31.1. The van der Waals surface area contributed by atoms with Gasteiger partial charge in [-0.05, 0) is 73.7 Å². The maximum absolute atomic E-state index is 13.6. The van der Waals surface area contributed by atoms with Crippen LogP contribution in [0.5, 0.6) is 17.4 Å². The van der Waals surface area contributed by atoms with Crippen molar-refractivity contribution in [3.63, 3.8) is 0 Å².